The van der Waals surface area contributed by atoms with Crippen LogP contribution >= 0.6 is 0 Å². The van der Waals surface area contributed by atoms with Crippen LogP contribution < -0.4 is 5.32 Å². The highest BCUT2D eigenvalue weighted by Crippen LogP contribution is 2.26. The van der Waals surface area contributed by atoms with Crippen molar-refractivity contribution in [2.45, 2.75) is 32.9 Å². The van der Waals surface area contributed by atoms with E-state index in [1.807, 2.05) is 6.92 Å². The number of carbonyl (C=O) groups is 1. The molecule has 6 nitrogen and oxygen atoms in total. The number of hydrogen-bond donors (Lipinski definition) is 2. The molecule has 0 bridgehead atoms. The van der Waals surface area contributed by atoms with Gasteiger partial charge in [0.25, 0.3) is 0 Å². The van der Waals surface area contributed by atoms with Crippen molar-refractivity contribution in [1.82, 2.24) is 14.9 Å². The number of nitrogens with one attached hydrogen (secondary N) is 1. The van der Waals surface area contributed by atoms with Crippen LogP contribution in [0.4, 0.5) is 0 Å². The van der Waals surface area contributed by atoms with Gasteiger partial charge in [-0.1, -0.05) is 0 Å². The number of amides is 1. The van der Waals surface area contributed by atoms with Crippen LogP contribution in [0.1, 0.15) is 24.0 Å². The van der Waals surface area contributed by atoms with Gasteiger partial charge in [-0.2, -0.15) is 0 Å². The van der Waals surface area contributed by atoms with Crippen LogP contribution in [-0.2, 0) is 16.9 Å². The lowest BCUT2D eigenvalue weighted by Gasteiger charge is -2.23. The molecule has 0 radical (unpaired) electrons. The molecule has 2 rings (SSSR count). The Hall–Kier alpha value is -2.08. The van der Waals surface area contributed by atoms with E-state index in [0.29, 0.717) is 11.3 Å². The summed E-state index contributed by atoms with van der Waals surface area (Å²) < 4.78 is 7.07. The van der Waals surface area contributed by atoms with E-state index in [9.17, 15) is 9.90 Å². The zero-order valence-electron chi connectivity index (χ0n) is 11.9. The van der Waals surface area contributed by atoms with Crippen molar-refractivity contribution in [2.24, 2.45) is 0 Å². The average Bonchev–Trinajstić information content (AvgIpc) is 2.97. The van der Waals surface area contributed by atoms with Crippen LogP contribution in [0.15, 0.2) is 29.2 Å². The minimum Gasteiger partial charge on any atom is -0.466 e. The van der Waals surface area contributed by atoms with Crippen molar-refractivity contribution >= 4 is 5.91 Å². The highest BCUT2D eigenvalue weighted by Gasteiger charge is 2.28. The molecule has 108 valence electrons. The fourth-order valence-electron chi connectivity index (χ4n) is 2.13. The van der Waals surface area contributed by atoms with Crippen LogP contribution in [0.25, 0.3) is 0 Å². The fraction of sp³-hybridized carbons (Fsp3) is 0.429. The molecule has 1 atom stereocenters. The second kappa shape index (κ2) is 5.50. The average molecular weight is 277 g/mol. The fourth-order valence-corrected chi connectivity index (χ4v) is 2.13. The second-order valence-electron chi connectivity index (χ2n) is 5.11. The molecule has 2 heterocycles. The summed E-state index contributed by atoms with van der Waals surface area (Å²) in [5.74, 6) is 1.22. The van der Waals surface area contributed by atoms with Gasteiger partial charge in [-0.25, -0.2) is 4.98 Å². The Balaban J connectivity index is 1.95. The molecular formula is C14H19N3O3. The van der Waals surface area contributed by atoms with Crippen molar-refractivity contribution in [3.8, 4) is 0 Å². The topological polar surface area (TPSA) is 80.3 Å². The molecule has 0 fully saturated rings. The third kappa shape index (κ3) is 3.27. The van der Waals surface area contributed by atoms with E-state index in [4.69, 9.17) is 4.42 Å². The van der Waals surface area contributed by atoms with Gasteiger partial charge < -0.3 is 19.4 Å². The first-order chi connectivity index (χ1) is 9.38. The molecule has 0 saturated heterocycles. The minimum absolute atomic E-state index is 0.125. The van der Waals surface area contributed by atoms with Gasteiger partial charge in [0.15, 0.2) is 0 Å². The van der Waals surface area contributed by atoms with E-state index < -0.39 is 5.60 Å². The second-order valence-corrected chi connectivity index (χ2v) is 5.11. The number of aromatic nitrogens is 2. The molecule has 0 spiro atoms. The van der Waals surface area contributed by atoms with Gasteiger partial charge in [0.1, 0.15) is 23.7 Å². The normalized spacial score (nSPS) is 14.0. The Labute approximate surface area is 117 Å². The van der Waals surface area contributed by atoms with E-state index in [-0.39, 0.29) is 19.0 Å². The van der Waals surface area contributed by atoms with Crippen LogP contribution in [0, 0.1) is 13.8 Å². The first-order valence-electron chi connectivity index (χ1n) is 6.41. The van der Waals surface area contributed by atoms with Crippen molar-refractivity contribution in [1.29, 1.82) is 0 Å². The molecule has 0 unspecified atom stereocenters. The van der Waals surface area contributed by atoms with E-state index in [2.05, 4.69) is 10.3 Å². The number of carbonyl (C=O) groups excluding carboxylic acids is 1. The summed E-state index contributed by atoms with van der Waals surface area (Å²) in [4.78, 5) is 15.7. The number of rotatable bonds is 5. The van der Waals surface area contributed by atoms with Gasteiger partial charge in [0.05, 0.1) is 12.9 Å². The molecule has 20 heavy (non-hydrogen) atoms. The Morgan fingerprint density at radius 2 is 2.30 bits per heavy atom. The number of aliphatic hydroxyl groups is 1. The van der Waals surface area contributed by atoms with Gasteiger partial charge >= 0.3 is 0 Å². The Kier molecular flexibility index (Phi) is 3.94. The molecular weight excluding hydrogens is 258 g/mol. The van der Waals surface area contributed by atoms with Crippen LogP contribution in [0.2, 0.25) is 0 Å². The van der Waals surface area contributed by atoms with Crippen LogP contribution in [-0.4, -0.2) is 27.1 Å². The number of aryl methyl sites for hydroxylation is 2. The van der Waals surface area contributed by atoms with Gasteiger partial charge in [0, 0.05) is 18.0 Å². The summed E-state index contributed by atoms with van der Waals surface area (Å²) in [5.41, 5.74) is -0.468. The molecule has 1 amide bonds. The van der Waals surface area contributed by atoms with Crippen LogP contribution in [0.5, 0.6) is 0 Å². The largest absolute Gasteiger partial charge is 0.466 e. The molecule has 0 aliphatic heterocycles. The van der Waals surface area contributed by atoms with Crippen molar-refractivity contribution in [3.05, 3.63) is 41.9 Å². The Morgan fingerprint density at radius 3 is 2.85 bits per heavy atom. The molecule has 2 aromatic heterocycles. The van der Waals surface area contributed by atoms with E-state index in [1.54, 1.807) is 43.2 Å². The highest BCUT2D eigenvalue weighted by atomic mass is 16.3. The summed E-state index contributed by atoms with van der Waals surface area (Å²) in [5, 5.41) is 13.2. The standard InChI is InChI=1S/C14H19N3O3/c1-10-6-12(11(2)20-10)14(3,19)8-16-13(18)7-17-5-4-15-9-17/h4-6,9,19H,7-8H2,1-3H3,(H,16,18)/t14-/m0/s1. The van der Waals surface area contributed by atoms with E-state index in [0.717, 1.165) is 5.76 Å². The van der Waals surface area contributed by atoms with E-state index in [1.165, 1.54) is 0 Å². The predicted molar refractivity (Wildman–Crippen MR) is 73.0 cm³/mol. The summed E-state index contributed by atoms with van der Waals surface area (Å²) in [7, 11) is 0. The SMILES string of the molecule is Cc1cc([C@@](C)(O)CNC(=O)Cn2ccnc2)c(C)o1. The summed E-state index contributed by atoms with van der Waals surface area (Å²) in [6.07, 6.45) is 4.89. The Morgan fingerprint density at radius 1 is 1.55 bits per heavy atom. The zero-order valence-corrected chi connectivity index (χ0v) is 11.9. The summed E-state index contributed by atoms with van der Waals surface area (Å²) in [6.45, 7) is 5.58. The molecule has 0 saturated carbocycles. The number of furan rings is 1. The lowest BCUT2D eigenvalue weighted by Crippen LogP contribution is -2.40. The van der Waals surface area contributed by atoms with Gasteiger partial charge in [0.2, 0.25) is 5.91 Å². The maximum Gasteiger partial charge on any atom is 0.240 e. The van der Waals surface area contributed by atoms with Crippen molar-refractivity contribution < 1.29 is 14.3 Å². The smallest absolute Gasteiger partial charge is 0.240 e. The molecule has 0 aliphatic carbocycles. The number of hydrogen-bond acceptors (Lipinski definition) is 4. The lowest BCUT2D eigenvalue weighted by atomic mass is 9.96. The molecule has 6 heteroatoms. The van der Waals surface area contributed by atoms with Gasteiger partial charge in [-0.3, -0.25) is 4.79 Å². The maximum atomic E-state index is 11.8. The van der Waals surface area contributed by atoms with Crippen molar-refractivity contribution in [2.75, 3.05) is 6.54 Å². The minimum atomic E-state index is -1.16. The third-order valence-corrected chi connectivity index (χ3v) is 3.14. The number of nitrogens with zero attached hydrogens (tertiary/aromatic N) is 2. The summed E-state index contributed by atoms with van der Waals surface area (Å²) in [6, 6.07) is 1.79. The quantitative estimate of drug-likeness (QED) is 0.858. The first kappa shape index (κ1) is 14.3. The van der Waals surface area contributed by atoms with Gasteiger partial charge in [-0.05, 0) is 26.8 Å². The zero-order chi connectivity index (χ0) is 14.8. The van der Waals surface area contributed by atoms with Gasteiger partial charge in [-0.15, -0.1) is 0 Å². The molecule has 0 aromatic carbocycles. The maximum absolute atomic E-state index is 11.8. The monoisotopic (exact) mass is 277 g/mol. The highest BCUT2D eigenvalue weighted by molar-refractivity contribution is 5.75. The van der Waals surface area contributed by atoms with E-state index >= 15 is 0 Å². The number of imidazole rings is 1. The third-order valence-electron chi connectivity index (χ3n) is 3.14. The lowest BCUT2D eigenvalue weighted by molar-refractivity contribution is -0.122. The predicted octanol–water partition coefficient (Wildman–Crippen LogP) is 1.12. The summed E-state index contributed by atoms with van der Waals surface area (Å²) >= 11 is 0. The van der Waals surface area contributed by atoms with Crippen LogP contribution in [0.3, 0.4) is 0 Å². The Bertz CT molecular complexity index is 585. The first-order valence-corrected chi connectivity index (χ1v) is 6.41. The molecule has 2 aromatic rings. The molecule has 0 aliphatic rings. The molecule has 2 N–H and O–H groups in total. The van der Waals surface area contributed by atoms with Crippen molar-refractivity contribution in [3.63, 3.8) is 0 Å².